The minimum atomic E-state index is -0.964. The molecule has 0 saturated heterocycles. The number of aromatic nitrogens is 1. The summed E-state index contributed by atoms with van der Waals surface area (Å²) in [5.41, 5.74) is 1.77. The van der Waals surface area contributed by atoms with Gasteiger partial charge in [0, 0.05) is 22.9 Å². The number of para-hydroxylation sites is 1. The van der Waals surface area contributed by atoms with E-state index in [0.29, 0.717) is 6.42 Å². The molecule has 50 heavy (non-hydrogen) atoms. The van der Waals surface area contributed by atoms with Gasteiger partial charge in [-0.3, -0.25) is 4.79 Å². The summed E-state index contributed by atoms with van der Waals surface area (Å²) >= 11 is 0. The van der Waals surface area contributed by atoms with E-state index in [1.54, 1.807) is 0 Å². The van der Waals surface area contributed by atoms with Crippen molar-refractivity contribution in [3.8, 4) is 0 Å². The number of unbranched alkanes of at least 4 members (excludes halogenated alkanes) is 28. The van der Waals surface area contributed by atoms with E-state index in [-0.39, 0.29) is 17.6 Å². The molecule has 2 rings (SSSR count). The zero-order valence-electron chi connectivity index (χ0n) is 32.8. The molecular formula is C45H78N2O3. The Labute approximate surface area is 307 Å². The van der Waals surface area contributed by atoms with Crippen LogP contribution in [0.3, 0.4) is 0 Å². The van der Waals surface area contributed by atoms with Crippen molar-refractivity contribution in [2.24, 2.45) is 0 Å². The second-order valence-electron chi connectivity index (χ2n) is 15.3. The first-order valence-electron chi connectivity index (χ1n) is 21.7. The molecule has 1 amide bonds. The van der Waals surface area contributed by atoms with Gasteiger partial charge in [-0.2, -0.15) is 0 Å². The summed E-state index contributed by atoms with van der Waals surface area (Å²) in [6, 6.07) is 7.49. The van der Waals surface area contributed by atoms with Crippen LogP contribution in [0.2, 0.25) is 0 Å². The third-order valence-electron chi connectivity index (χ3n) is 10.7. The molecule has 0 aliphatic carbocycles. The maximum absolute atomic E-state index is 13.2. The number of aromatic carboxylic acids is 1. The van der Waals surface area contributed by atoms with Gasteiger partial charge < -0.3 is 15.4 Å². The number of fused-ring (bicyclic) bond motifs is 1. The number of carbonyl (C=O) groups is 2. The molecule has 5 nitrogen and oxygen atoms in total. The number of hydrogen-bond donors (Lipinski definition) is 3. The van der Waals surface area contributed by atoms with Gasteiger partial charge in [-0.15, -0.1) is 0 Å². The molecule has 0 spiro atoms. The van der Waals surface area contributed by atoms with Crippen molar-refractivity contribution in [1.82, 2.24) is 10.3 Å². The summed E-state index contributed by atoms with van der Waals surface area (Å²) in [5.74, 6) is -0.915. The van der Waals surface area contributed by atoms with Gasteiger partial charge in [0.2, 0.25) is 5.91 Å². The van der Waals surface area contributed by atoms with Crippen LogP contribution in [-0.2, 0) is 4.79 Å². The molecule has 0 radical (unpaired) electrons. The summed E-state index contributed by atoms with van der Waals surface area (Å²) in [6.45, 7) is 4.56. The Morgan fingerprint density at radius 3 is 1.36 bits per heavy atom. The Morgan fingerprint density at radius 1 is 0.560 bits per heavy atom. The Bertz CT molecular complexity index is 1110. The molecular weight excluding hydrogens is 617 g/mol. The highest BCUT2D eigenvalue weighted by atomic mass is 16.4. The van der Waals surface area contributed by atoms with Crippen molar-refractivity contribution in [3.05, 3.63) is 35.5 Å². The molecule has 0 bridgehead atoms. The zero-order chi connectivity index (χ0) is 35.9. The topological polar surface area (TPSA) is 82.2 Å². The number of nitrogens with one attached hydrogen (secondary N) is 2. The lowest BCUT2D eigenvalue weighted by molar-refractivity contribution is -0.122. The normalized spacial score (nSPS) is 12.1. The third kappa shape index (κ3) is 20.5. The number of H-pyrrole nitrogens is 1. The lowest BCUT2D eigenvalue weighted by atomic mass is 9.96. The molecule has 5 heteroatoms. The van der Waals surface area contributed by atoms with Gasteiger partial charge in [-0.25, -0.2) is 4.79 Å². The van der Waals surface area contributed by atoms with Crippen molar-refractivity contribution < 1.29 is 14.7 Å². The molecule has 1 unspecified atom stereocenters. The second-order valence-corrected chi connectivity index (χ2v) is 15.3. The van der Waals surface area contributed by atoms with E-state index in [1.165, 1.54) is 167 Å². The first kappa shape index (κ1) is 43.9. The molecule has 0 aliphatic heterocycles. The van der Waals surface area contributed by atoms with Crippen LogP contribution in [-0.4, -0.2) is 22.0 Å². The Morgan fingerprint density at radius 2 is 0.940 bits per heavy atom. The highest BCUT2D eigenvalue weighted by molar-refractivity contribution is 5.98. The summed E-state index contributed by atoms with van der Waals surface area (Å²) in [7, 11) is 0. The Kier molecular flexibility index (Phi) is 26.6. The number of aromatic amines is 1. The van der Waals surface area contributed by atoms with Crippen molar-refractivity contribution in [2.45, 2.75) is 225 Å². The van der Waals surface area contributed by atoms with Gasteiger partial charge in [-0.05, 0) is 18.9 Å². The van der Waals surface area contributed by atoms with E-state index < -0.39 is 5.97 Å². The van der Waals surface area contributed by atoms with E-state index in [0.717, 1.165) is 48.6 Å². The fourth-order valence-corrected chi connectivity index (χ4v) is 7.63. The molecule has 0 saturated carbocycles. The minimum Gasteiger partial charge on any atom is -0.477 e. The largest absolute Gasteiger partial charge is 0.477 e. The predicted molar refractivity (Wildman–Crippen MR) is 215 cm³/mol. The van der Waals surface area contributed by atoms with Crippen LogP contribution in [0, 0.1) is 0 Å². The minimum absolute atomic E-state index is 0.0484. The van der Waals surface area contributed by atoms with E-state index in [1.807, 2.05) is 24.3 Å². The molecule has 2 aromatic rings. The lowest BCUT2D eigenvalue weighted by Crippen LogP contribution is -2.29. The Hall–Kier alpha value is -2.30. The first-order valence-corrected chi connectivity index (χ1v) is 21.7. The van der Waals surface area contributed by atoms with Gasteiger partial charge in [0.25, 0.3) is 0 Å². The van der Waals surface area contributed by atoms with Crippen LogP contribution >= 0.6 is 0 Å². The SMILES string of the molecule is CCCCCCCCCCCCCCCCCC(=O)NC(CCCCCCCCCCCCCCCCC)c1c(C(=O)O)[nH]c2ccccc12. The van der Waals surface area contributed by atoms with E-state index >= 15 is 0 Å². The van der Waals surface area contributed by atoms with Gasteiger partial charge in [0.05, 0.1) is 6.04 Å². The average Bonchev–Trinajstić information content (AvgIpc) is 3.51. The summed E-state index contributed by atoms with van der Waals surface area (Å²) < 4.78 is 0. The number of carboxylic acids is 1. The van der Waals surface area contributed by atoms with Crippen LogP contribution in [0.5, 0.6) is 0 Å². The number of carboxylic acid groups (broad SMARTS) is 1. The smallest absolute Gasteiger partial charge is 0.352 e. The number of amides is 1. The number of benzene rings is 1. The summed E-state index contributed by atoms with van der Waals surface area (Å²) in [5, 5.41) is 14.3. The number of carbonyl (C=O) groups excluding carboxylic acids is 1. The maximum atomic E-state index is 13.2. The van der Waals surface area contributed by atoms with Crippen molar-refractivity contribution in [2.75, 3.05) is 0 Å². The van der Waals surface area contributed by atoms with Gasteiger partial charge >= 0.3 is 5.97 Å². The van der Waals surface area contributed by atoms with Crippen molar-refractivity contribution >= 4 is 22.8 Å². The monoisotopic (exact) mass is 695 g/mol. The van der Waals surface area contributed by atoms with Crippen molar-refractivity contribution in [3.63, 3.8) is 0 Å². The first-order chi connectivity index (χ1) is 24.6. The fourth-order valence-electron chi connectivity index (χ4n) is 7.63. The van der Waals surface area contributed by atoms with Crippen molar-refractivity contribution in [1.29, 1.82) is 0 Å². The standard InChI is InChI=1S/C45H78N2O3/c1-3-5-7-9-11-13-15-17-19-21-23-25-27-29-31-37-41(43-39-35-33-34-36-40(39)47-44(43)45(49)50)46-42(48)38-32-30-28-26-24-22-20-18-16-14-12-10-8-6-4-2/h33-36,41,47H,3-32,37-38H2,1-2H3,(H,46,48)(H,49,50). The molecule has 0 aliphatic rings. The summed E-state index contributed by atoms with van der Waals surface area (Å²) in [6.07, 6.45) is 40.6. The molecule has 286 valence electrons. The van der Waals surface area contributed by atoms with Crippen LogP contribution < -0.4 is 5.32 Å². The highest BCUT2D eigenvalue weighted by Crippen LogP contribution is 2.32. The zero-order valence-corrected chi connectivity index (χ0v) is 32.8. The molecule has 1 heterocycles. The van der Waals surface area contributed by atoms with Gasteiger partial charge in [0.1, 0.15) is 5.69 Å². The van der Waals surface area contributed by atoms with Gasteiger partial charge in [0.15, 0.2) is 0 Å². The Balaban J connectivity index is 1.67. The van der Waals surface area contributed by atoms with Crippen LogP contribution in [0.1, 0.15) is 241 Å². The molecule has 1 aromatic heterocycles. The van der Waals surface area contributed by atoms with Crippen LogP contribution in [0.15, 0.2) is 24.3 Å². The van der Waals surface area contributed by atoms with Crippen LogP contribution in [0.4, 0.5) is 0 Å². The number of hydrogen-bond acceptors (Lipinski definition) is 2. The second kappa shape index (κ2) is 30.3. The average molecular weight is 695 g/mol. The molecule has 1 atom stereocenters. The molecule has 3 N–H and O–H groups in total. The number of rotatable bonds is 35. The van der Waals surface area contributed by atoms with Gasteiger partial charge in [-0.1, -0.05) is 218 Å². The molecule has 0 fully saturated rings. The van der Waals surface area contributed by atoms with E-state index in [9.17, 15) is 14.7 Å². The third-order valence-corrected chi connectivity index (χ3v) is 10.7. The lowest BCUT2D eigenvalue weighted by Gasteiger charge is -2.20. The quantitative estimate of drug-likeness (QED) is 0.0628. The van der Waals surface area contributed by atoms with Crippen LogP contribution in [0.25, 0.3) is 10.9 Å². The predicted octanol–water partition coefficient (Wildman–Crippen LogP) is 14.5. The molecule has 1 aromatic carbocycles. The maximum Gasteiger partial charge on any atom is 0.352 e. The van der Waals surface area contributed by atoms with E-state index in [2.05, 4.69) is 24.1 Å². The summed E-state index contributed by atoms with van der Waals surface area (Å²) in [4.78, 5) is 28.6. The van der Waals surface area contributed by atoms with E-state index in [4.69, 9.17) is 0 Å². The highest BCUT2D eigenvalue weighted by Gasteiger charge is 2.25. The fraction of sp³-hybridized carbons (Fsp3) is 0.778.